The average molecular weight is 362 g/mol. The van der Waals surface area contributed by atoms with Gasteiger partial charge in [0.15, 0.2) is 0 Å². The van der Waals surface area contributed by atoms with Crippen LogP contribution in [0.25, 0.3) is 5.69 Å². The van der Waals surface area contributed by atoms with Crippen molar-refractivity contribution in [1.82, 2.24) is 19.5 Å². The van der Waals surface area contributed by atoms with Crippen LogP contribution in [0.5, 0.6) is 0 Å². The molecule has 0 aliphatic heterocycles. The summed E-state index contributed by atoms with van der Waals surface area (Å²) in [7, 11) is 0. The molecule has 2 heterocycles. The Morgan fingerprint density at radius 1 is 1.08 bits per heavy atom. The molecule has 3 rings (SSSR count). The van der Waals surface area contributed by atoms with Gasteiger partial charge in [-0.2, -0.15) is 4.98 Å². The maximum absolute atomic E-state index is 12.1. The van der Waals surface area contributed by atoms with E-state index in [0.717, 1.165) is 5.56 Å². The van der Waals surface area contributed by atoms with E-state index in [-0.39, 0.29) is 0 Å². The molecule has 0 amide bonds. The number of rotatable bonds is 5. The van der Waals surface area contributed by atoms with Crippen molar-refractivity contribution in [1.29, 1.82) is 0 Å². The summed E-state index contributed by atoms with van der Waals surface area (Å²) in [5.41, 5.74) is 1.19. The largest absolute Gasteiger partial charge is 0.356 e. The van der Waals surface area contributed by atoms with Gasteiger partial charge in [0.25, 0.3) is 0 Å². The Morgan fingerprint density at radius 2 is 1.88 bits per heavy atom. The van der Waals surface area contributed by atoms with Crippen molar-refractivity contribution >= 4 is 29.2 Å². The first-order chi connectivity index (χ1) is 11.6. The van der Waals surface area contributed by atoms with E-state index in [1.165, 1.54) is 10.9 Å². The van der Waals surface area contributed by atoms with Gasteiger partial charge in [-0.25, -0.2) is 14.3 Å². The molecule has 122 valence electrons. The highest BCUT2D eigenvalue weighted by Gasteiger charge is 2.08. The third-order valence-corrected chi connectivity index (χ3v) is 3.95. The van der Waals surface area contributed by atoms with E-state index >= 15 is 0 Å². The fourth-order valence-electron chi connectivity index (χ4n) is 2.22. The van der Waals surface area contributed by atoms with E-state index in [1.807, 2.05) is 6.07 Å². The predicted molar refractivity (Wildman–Crippen MR) is 94.1 cm³/mol. The van der Waals surface area contributed by atoms with Crippen LogP contribution >= 0.6 is 23.2 Å². The summed E-state index contributed by atoms with van der Waals surface area (Å²) in [6.45, 7) is 0.545. The highest BCUT2D eigenvalue weighted by atomic mass is 35.5. The third-order valence-electron chi connectivity index (χ3n) is 3.36. The zero-order valence-electron chi connectivity index (χ0n) is 12.5. The van der Waals surface area contributed by atoms with E-state index in [1.54, 1.807) is 36.7 Å². The number of halogens is 2. The molecule has 1 aromatic carbocycles. The smallest absolute Gasteiger partial charge is 0.355 e. The number of anilines is 1. The molecule has 0 aliphatic carbocycles. The minimum absolute atomic E-state index is 0.409. The lowest BCUT2D eigenvalue weighted by Crippen LogP contribution is -2.26. The summed E-state index contributed by atoms with van der Waals surface area (Å²) in [5.74, 6) is 0.409. The van der Waals surface area contributed by atoms with E-state index in [2.05, 4.69) is 20.3 Å². The van der Waals surface area contributed by atoms with Crippen LogP contribution in [0.4, 0.5) is 5.95 Å². The molecule has 0 saturated heterocycles. The van der Waals surface area contributed by atoms with Crippen molar-refractivity contribution in [2.24, 2.45) is 0 Å². The van der Waals surface area contributed by atoms with E-state index in [9.17, 15) is 4.79 Å². The molecule has 0 bridgehead atoms. The first kappa shape index (κ1) is 16.4. The van der Waals surface area contributed by atoms with Crippen molar-refractivity contribution in [3.05, 3.63) is 75.1 Å². The Bertz CT molecular complexity index is 898. The molecular weight excluding hydrogens is 349 g/mol. The molecule has 2 aromatic heterocycles. The predicted octanol–water partition coefficient (Wildman–Crippen LogP) is 2.98. The Kier molecular flexibility index (Phi) is 5.08. The standard InChI is InChI=1S/C16H13Cl2N5O/c17-12-2-1-11(14(18)9-12)3-8-20-15-21-10-22-16(24)23(15)13-4-6-19-7-5-13/h1-2,4-7,9-10H,3,8H2,(H,20,21,22,24). The van der Waals surface area contributed by atoms with Crippen molar-refractivity contribution in [3.63, 3.8) is 0 Å². The molecule has 24 heavy (non-hydrogen) atoms. The molecule has 0 saturated carbocycles. The van der Waals surface area contributed by atoms with Crippen LogP contribution in [-0.4, -0.2) is 26.1 Å². The monoisotopic (exact) mass is 361 g/mol. The summed E-state index contributed by atoms with van der Waals surface area (Å²) in [6, 6.07) is 8.80. The molecule has 0 spiro atoms. The number of nitrogens with zero attached hydrogens (tertiary/aromatic N) is 4. The lowest BCUT2D eigenvalue weighted by molar-refractivity contribution is 0.845. The molecular formula is C16H13Cl2N5O. The second-order valence-electron chi connectivity index (χ2n) is 4.93. The summed E-state index contributed by atoms with van der Waals surface area (Å²) < 4.78 is 1.39. The van der Waals surface area contributed by atoms with Gasteiger partial charge < -0.3 is 5.32 Å². The molecule has 3 aromatic rings. The number of benzene rings is 1. The van der Waals surface area contributed by atoms with Crippen LogP contribution in [0.3, 0.4) is 0 Å². The van der Waals surface area contributed by atoms with Crippen molar-refractivity contribution in [3.8, 4) is 5.69 Å². The van der Waals surface area contributed by atoms with E-state index in [4.69, 9.17) is 23.2 Å². The number of hydrogen-bond donors (Lipinski definition) is 1. The van der Waals surface area contributed by atoms with Gasteiger partial charge in [-0.3, -0.25) is 4.98 Å². The Balaban J connectivity index is 1.79. The van der Waals surface area contributed by atoms with Gasteiger partial charge in [-0.15, -0.1) is 0 Å². The fourth-order valence-corrected chi connectivity index (χ4v) is 2.73. The first-order valence-corrected chi connectivity index (χ1v) is 7.93. The minimum atomic E-state index is -0.414. The fraction of sp³-hybridized carbons (Fsp3) is 0.125. The lowest BCUT2D eigenvalue weighted by atomic mass is 10.1. The summed E-state index contributed by atoms with van der Waals surface area (Å²) >= 11 is 12.1. The van der Waals surface area contributed by atoms with Crippen LogP contribution in [0.1, 0.15) is 5.56 Å². The zero-order valence-corrected chi connectivity index (χ0v) is 14.0. The number of aromatic nitrogens is 4. The number of hydrogen-bond acceptors (Lipinski definition) is 5. The SMILES string of the molecule is O=c1ncnc(NCCc2ccc(Cl)cc2Cl)n1-c1ccncc1. The molecule has 0 unspecified atom stereocenters. The van der Waals surface area contributed by atoms with Gasteiger partial charge >= 0.3 is 5.69 Å². The zero-order chi connectivity index (χ0) is 16.9. The highest BCUT2D eigenvalue weighted by molar-refractivity contribution is 6.35. The number of pyridine rings is 1. The van der Waals surface area contributed by atoms with Crippen LogP contribution in [0.2, 0.25) is 10.0 Å². The Labute approximate surface area is 148 Å². The second-order valence-corrected chi connectivity index (χ2v) is 5.78. The minimum Gasteiger partial charge on any atom is -0.355 e. The van der Waals surface area contributed by atoms with Gasteiger partial charge in [-0.1, -0.05) is 29.3 Å². The summed E-state index contributed by atoms with van der Waals surface area (Å²) in [5, 5.41) is 4.35. The molecule has 6 nitrogen and oxygen atoms in total. The second kappa shape index (κ2) is 7.42. The number of nitrogens with one attached hydrogen (secondary N) is 1. The van der Waals surface area contributed by atoms with Gasteiger partial charge in [0, 0.05) is 29.0 Å². The van der Waals surface area contributed by atoms with Crippen LogP contribution in [0, 0.1) is 0 Å². The normalized spacial score (nSPS) is 10.6. The average Bonchev–Trinajstić information content (AvgIpc) is 2.58. The van der Waals surface area contributed by atoms with Gasteiger partial charge in [-0.05, 0) is 36.2 Å². The molecule has 0 radical (unpaired) electrons. The van der Waals surface area contributed by atoms with Crippen LogP contribution in [0.15, 0.2) is 53.8 Å². The van der Waals surface area contributed by atoms with E-state index in [0.29, 0.717) is 34.6 Å². The summed E-state index contributed by atoms with van der Waals surface area (Å²) in [4.78, 5) is 23.9. The van der Waals surface area contributed by atoms with Gasteiger partial charge in [0.1, 0.15) is 6.33 Å². The van der Waals surface area contributed by atoms with E-state index < -0.39 is 5.69 Å². The van der Waals surface area contributed by atoms with Crippen molar-refractivity contribution < 1.29 is 0 Å². The van der Waals surface area contributed by atoms with Gasteiger partial charge in [0.05, 0.1) is 5.69 Å². The third kappa shape index (κ3) is 3.72. The topological polar surface area (TPSA) is 72.7 Å². The van der Waals surface area contributed by atoms with Crippen molar-refractivity contribution in [2.45, 2.75) is 6.42 Å². The quantitative estimate of drug-likeness (QED) is 0.756. The Hall–Kier alpha value is -2.44. The molecule has 0 aliphatic rings. The van der Waals surface area contributed by atoms with Crippen LogP contribution in [-0.2, 0) is 6.42 Å². The lowest BCUT2D eigenvalue weighted by Gasteiger charge is -2.12. The maximum Gasteiger partial charge on any atom is 0.356 e. The van der Waals surface area contributed by atoms with Crippen LogP contribution < -0.4 is 11.0 Å². The summed E-state index contributed by atoms with van der Waals surface area (Å²) in [6.07, 6.45) is 5.10. The molecule has 0 fully saturated rings. The molecule has 1 N–H and O–H groups in total. The highest BCUT2D eigenvalue weighted by Crippen LogP contribution is 2.21. The Morgan fingerprint density at radius 3 is 2.62 bits per heavy atom. The first-order valence-electron chi connectivity index (χ1n) is 7.17. The van der Waals surface area contributed by atoms with Gasteiger partial charge in [0.2, 0.25) is 5.95 Å². The van der Waals surface area contributed by atoms with Crippen molar-refractivity contribution in [2.75, 3.05) is 11.9 Å². The maximum atomic E-state index is 12.1. The molecule has 0 atom stereocenters. The molecule has 8 heteroatoms.